The van der Waals surface area contributed by atoms with E-state index in [0.717, 1.165) is 5.56 Å². The molecule has 0 saturated carbocycles. The van der Waals surface area contributed by atoms with E-state index < -0.39 is 0 Å². The molecule has 22 heavy (non-hydrogen) atoms. The summed E-state index contributed by atoms with van der Waals surface area (Å²) in [5.74, 6) is 0.544. The Morgan fingerprint density at radius 2 is 1.50 bits per heavy atom. The van der Waals surface area contributed by atoms with Crippen molar-refractivity contribution in [3.63, 3.8) is 0 Å². The molecule has 0 spiro atoms. The van der Waals surface area contributed by atoms with Crippen molar-refractivity contribution in [3.8, 4) is 6.07 Å². The summed E-state index contributed by atoms with van der Waals surface area (Å²) in [5, 5.41) is 11.4. The Hall–Kier alpha value is -0.296. The molecule has 1 N–H and O–H groups in total. The molecule has 1 aromatic rings. The number of nitrogens with one attached hydrogen (secondary N) is 1. The Bertz CT molecular complexity index is 356. The van der Waals surface area contributed by atoms with Gasteiger partial charge in [0.15, 0.2) is 0 Å². The zero-order valence-corrected chi connectivity index (χ0v) is 15.1. The zero-order chi connectivity index (χ0) is 14.0. The van der Waals surface area contributed by atoms with Crippen LogP contribution in [0.1, 0.15) is 67.0 Å². The van der Waals surface area contributed by atoms with Crippen LogP contribution in [0.2, 0.25) is 0 Å². The van der Waals surface area contributed by atoms with Gasteiger partial charge in [0.1, 0.15) is 6.67 Å². The molecule has 4 heteroatoms. The van der Waals surface area contributed by atoms with Crippen molar-refractivity contribution in [2.45, 2.75) is 61.9 Å². The molecule has 0 aliphatic carbocycles. The van der Waals surface area contributed by atoms with E-state index in [1.54, 1.807) is 0 Å². The molecular weight excluding hydrogens is 352 g/mol. The van der Waals surface area contributed by atoms with Gasteiger partial charge >= 0.3 is 0 Å². The Labute approximate surface area is 163 Å². The minimum Gasteiger partial charge on any atom is -0.312 e. The third-order valence-corrected chi connectivity index (χ3v) is 2.35. The van der Waals surface area contributed by atoms with Crippen molar-refractivity contribution in [1.29, 1.82) is 5.26 Å². The maximum absolute atomic E-state index is 11.3. The van der Waals surface area contributed by atoms with Crippen molar-refractivity contribution in [1.82, 2.24) is 5.32 Å². The molecule has 0 amide bonds. The fourth-order valence-electron chi connectivity index (χ4n) is 1.29. The number of nitriles is 1. The number of halogens is 1. The van der Waals surface area contributed by atoms with Crippen LogP contribution in [0.4, 0.5) is 4.39 Å². The fourth-order valence-corrected chi connectivity index (χ4v) is 1.29. The van der Waals surface area contributed by atoms with E-state index in [1.807, 2.05) is 38.1 Å². The summed E-state index contributed by atoms with van der Waals surface area (Å²) < 4.78 is 11.3. The quantitative estimate of drug-likeness (QED) is 0.736. The van der Waals surface area contributed by atoms with Gasteiger partial charge in [-0.3, -0.25) is 0 Å². The van der Waals surface area contributed by atoms with Crippen molar-refractivity contribution in [2.75, 3.05) is 13.2 Å². The average Bonchev–Trinajstić information content (AvgIpc) is 2.37. The maximum atomic E-state index is 11.3. The zero-order valence-electron chi connectivity index (χ0n) is 12.3. The molecule has 0 heterocycles. The first-order valence-electron chi connectivity index (χ1n) is 6.30. The van der Waals surface area contributed by atoms with Crippen LogP contribution in [0.15, 0.2) is 24.3 Å². The summed E-state index contributed by atoms with van der Waals surface area (Å²) >= 11 is 0. The molecule has 0 fully saturated rings. The first-order chi connectivity index (χ1) is 8.51. The van der Waals surface area contributed by atoms with Crippen LogP contribution in [0, 0.1) is 11.3 Å². The van der Waals surface area contributed by atoms with Gasteiger partial charge in [0.2, 0.25) is 0 Å². The van der Waals surface area contributed by atoms with Gasteiger partial charge in [-0.25, -0.2) is 4.39 Å². The van der Waals surface area contributed by atoms with Gasteiger partial charge in [-0.15, -0.1) is 0 Å². The van der Waals surface area contributed by atoms with E-state index in [2.05, 4.69) is 25.2 Å². The molecule has 127 valence electrons. The summed E-state index contributed by atoms with van der Waals surface area (Å²) in [6, 6.07) is 10.2. The monoisotopic (exact) mass is 387 g/mol. The first-order valence-corrected chi connectivity index (χ1v) is 6.30. The number of nitrogens with zero attached hydrogens (tertiary/aromatic N) is 1. The second kappa shape index (κ2) is 20.7. The average molecular weight is 387 g/mol. The van der Waals surface area contributed by atoms with E-state index >= 15 is 0 Å². The van der Waals surface area contributed by atoms with Crippen LogP contribution in [0.5, 0.6) is 0 Å². The minimum atomic E-state index is -0.266. The van der Waals surface area contributed by atoms with E-state index in [1.165, 1.54) is 5.56 Å². The number of rotatable bonds is 4. The molecule has 0 atom stereocenters. The molecule has 0 saturated heterocycles. The van der Waals surface area contributed by atoms with Crippen LogP contribution in [0.25, 0.3) is 0 Å². The Balaban J connectivity index is -0.0000000793. The smallest absolute Gasteiger partial charge is 0.102 e. The Morgan fingerprint density at radius 3 is 1.73 bits per heavy atom. The largest absolute Gasteiger partial charge is 0.312 e. The second-order valence-electron chi connectivity index (χ2n) is 4.69. The first kappa shape index (κ1) is 33.3. The summed E-state index contributed by atoms with van der Waals surface area (Å²) in [4.78, 5) is 0. The van der Waals surface area contributed by atoms with Crippen LogP contribution in [0.3, 0.4) is 0 Å². The van der Waals surface area contributed by atoms with E-state index in [4.69, 9.17) is 5.26 Å². The molecule has 2 nitrogen and oxygen atoms in total. The van der Waals surface area contributed by atoms with E-state index in [-0.39, 0.29) is 61.7 Å². The standard InChI is InChI=1S/C10H11N.C5H12FN.3CH4.Y/c1-8(2)10-5-3-9(7-11)4-6-10;1-5(2)7-4-3-6;;;;/h3-6,8H,1-2H3;5,7H,3-4H2,1-2H3;3*1H4;. The van der Waals surface area contributed by atoms with Crippen LogP contribution in [-0.2, 0) is 32.7 Å². The summed E-state index contributed by atoms with van der Waals surface area (Å²) in [5.41, 5.74) is 2.01. The molecule has 1 radical (unpaired) electrons. The predicted molar refractivity (Wildman–Crippen MR) is 94.6 cm³/mol. The molecule has 0 bridgehead atoms. The van der Waals surface area contributed by atoms with Crippen molar-refractivity contribution in [3.05, 3.63) is 35.4 Å². The van der Waals surface area contributed by atoms with E-state index in [0.29, 0.717) is 18.5 Å². The van der Waals surface area contributed by atoms with Gasteiger partial charge in [0, 0.05) is 45.3 Å². The topological polar surface area (TPSA) is 35.8 Å². The summed E-state index contributed by atoms with van der Waals surface area (Å²) in [6.45, 7) is 8.49. The van der Waals surface area contributed by atoms with Crippen LogP contribution in [-0.4, -0.2) is 19.3 Å². The molecule has 1 aromatic carbocycles. The Kier molecular flexibility index (Phi) is 31.4. The van der Waals surface area contributed by atoms with E-state index in [9.17, 15) is 4.39 Å². The SMILES string of the molecule is C.C.C.CC(C)NCCF.CC(C)c1ccc(C#N)cc1.[Y]. The Morgan fingerprint density at radius 1 is 1.05 bits per heavy atom. The normalized spacial score (nSPS) is 8.09. The van der Waals surface area contributed by atoms with Gasteiger partial charge in [-0.2, -0.15) is 5.26 Å². The second-order valence-corrected chi connectivity index (χ2v) is 4.69. The minimum absolute atomic E-state index is 0. The third kappa shape index (κ3) is 17.8. The number of hydrogen-bond donors (Lipinski definition) is 1. The predicted octanol–water partition coefficient (Wildman–Crippen LogP) is 5.54. The molecule has 1 rings (SSSR count). The molecule has 0 aliphatic rings. The number of benzene rings is 1. The van der Waals surface area contributed by atoms with Crippen molar-refractivity contribution in [2.24, 2.45) is 0 Å². The number of hydrogen-bond acceptors (Lipinski definition) is 2. The maximum Gasteiger partial charge on any atom is 0.102 e. The molecular formula is C18H35FN2Y. The van der Waals surface area contributed by atoms with Gasteiger partial charge < -0.3 is 5.32 Å². The van der Waals surface area contributed by atoms with Crippen molar-refractivity contribution >= 4 is 0 Å². The van der Waals surface area contributed by atoms with Crippen LogP contribution >= 0.6 is 0 Å². The van der Waals surface area contributed by atoms with Crippen LogP contribution < -0.4 is 5.32 Å². The molecule has 0 aromatic heterocycles. The summed E-state index contributed by atoms with van der Waals surface area (Å²) in [6.07, 6.45) is 0. The fraction of sp³-hybridized carbons (Fsp3) is 0.611. The van der Waals surface area contributed by atoms with Gasteiger partial charge in [-0.05, 0) is 23.6 Å². The molecule has 0 unspecified atom stereocenters. The number of alkyl halides is 1. The van der Waals surface area contributed by atoms with Gasteiger partial charge in [-0.1, -0.05) is 62.1 Å². The third-order valence-electron chi connectivity index (χ3n) is 2.35. The van der Waals surface area contributed by atoms with Crippen molar-refractivity contribution < 1.29 is 37.1 Å². The van der Waals surface area contributed by atoms with Gasteiger partial charge in [0.05, 0.1) is 11.6 Å². The molecule has 0 aliphatic heterocycles. The van der Waals surface area contributed by atoms with Gasteiger partial charge in [0.25, 0.3) is 0 Å². The summed E-state index contributed by atoms with van der Waals surface area (Å²) in [7, 11) is 0.